The molecule has 3 rings (SSSR count). The maximum atomic E-state index is 12.0. The lowest BCUT2D eigenvalue weighted by molar-refractivity contribution is -0.111. The third-order valence-corrected chi connectivity index (χ3v) is 4.44. The SMILES string of the molecule is Cc1c(NC(=O)C=CCBr)cccc1-c1cnc(C(N)=O)c2[nH]ccc12. The van der Waals surface area contributed by atoms with Crippen LogP contribution in [0.25, 0.3) is 22.0 Å². The largest absolute Gasteiger partial charge is 0.364 e. The van der Waals surface area contributed by atoms with Crippen LogP contribution in [-0.4, -0.2) is 27.1 Å². The van der Waals surface area contributed by atoms with E-state index in [1.807, 2.05) is 31.2 Å². The van der Waals surface area contributed by atoms with Gasteiger partial charge in [0.1, 0.15) is 0 Å². The van der Waals surface area contributed by atoms with E-state index in [0.717, 1.165) is 27.8 Å². The second kappa shape index (κ2) is 7.53. The molecule has 0 bridgehead atoms. The van der Waals surface area contributed by atoms with Crippen LogP contribution in [0.3, 0.4) is 0 Å². The van der Waals surface area contributed by atoms with Crippen molar-refractivity contribution in [2.45, 2.75) is 6.92 Å². The number of nitrogens with one attached hydrogen (secondary N) is 2. The first-order valence-electron chi connectivity index (χ1n) is 7.92. The van der Waals surface area contributed by atoms with Crippen LogP contribution >= 0.6 is 15.9 Å². The van der Waals surface area contributed by atoms with Crippen molar-refractivity contribution in [1.29, 1.82) is 0 Å². The first-order valence-corrected chi connectivity index (χ1v) is 9.04. The number of H-pyrrole nitrogens is 1. The molecule has 132 valence electrons. The van der Waals surface area contributed by atoms with Gasteiger partial charge in [-0.2, -0.15) is 0 Å². The molecule has 0 atom stereocenters. The van der Waals surface area contributed by atoms with Crippen molar-refractivity contribution in [3.8, 4) is 11.1 Å². The summed E-state index contributed by atoms with van der Waals surface area (Å²) >= 11 is 3.25. The number of amides is 2. The van der Waals surface area contributed by atoms with Crippen LogP contribution in [0, 0.1) is 6.92 Å². The Bertz CT molecular complexity index is 1020. The van der Waals surface area contributed by atoms with Gasteiger partial charge in [-0.3, -0.25) is 9.59 Å². The number of halogens is 1. The summed E-state index contributed by atoms with van der Waals surface area (Å²) in [5, 5.41) is 4.34. The van der Waals surface area contributed by atoms with E-state index in [0.29, 0.717) is 10.8 Å². The predicted octanol–water partition coefficient (Wildman–Crippen LogP) is 3.53. The first kappa shape index (κ1) is 17.9. The van der Waals surface area contributed by atoms with Gasteiger partial charge < -0.3 is 16.0 Å². The number of aromatic nitrogens is 2. The number of carbonyl (C=O) groups excluding carboxylic acids is 2. The second-order valence-electron chi connectivity index (χ2n) is 5.68. The van der Waals surface area contributed by atoms with Gasteiger partial charge in [0.25, 0.3) is 5.91 Å². The van der Waals surface area contributed by atoms with Gasteiger partial charge in [0.15, 0.2) is 5.69 Å². The van der Waals surface area contributed by atoms with Gasteiger partial charge in [-0.15, -0.1) is 0 Å². The molecular formula is C19H17BrN4O2. The van der Waals surface area contributed by atoms with Crippen molar-refractivity contribution in [2.75, 3.05) is 10.6 Å². The maximum Gasteiger partial charge on any atom is 0.269 e. The minimum absolute atomic E-state index is 0.196. The Hall–Kier alpha value is -2.93. The van der Waals surface area contributed by atoms with Crippen molar-refractivity contribution in [3.05, 3.63) is 60.1 Å². The molecule has 0 spiro atoms. The summed E-state index contributed by atoms with van der Waals surface area (Å²) in [7, 11) is 0. The molecule has 0 fully saturated rings. The van der Waals surface area contributed by atoms with Crippen LogP contribution in [0.2, 0.25) is 0 Å². The lowest BCUT2D eigenvalue weighted by atomic mass is 9.97. The molecule has 4 N–H and O–H groups in total. The van der Waals surface area contributed by atoms with Crippen LogP contribution in [0.5, 0.6) is 0 Å². The zero-order valence-corrected chi connectivity index (χ0v) is 15.6. The Morgan fingerprint density at radius 3 is 2.85 bits per heavy atom. The van der Waals surface area contributed by atoms with Crippen molar-refractivity contribution in [1.82, 2.24) is 9.97 Å². The molecule has 0 saturated carbocycles. The summed E-state index contributed by atoms with van der Waals surface area (Å²) < 4.78 is 0. The van der Waals surface area contributed by atoms with Gasteiger partial charge in [0.05, 0.1) is 5.52 Å². The van der Waals surface area contributed by atoms with E-state index in [9.17, 15) is 9.59 Å². The van der Waals surface area contributed by atoms with Crippen LogP contribution in [0.1, 0.15) is 16.1 Å². The van der Waals surface area contributed by atoms with Crippen LogP contribution in [0.15, 0.2) is 48.8 Å². The fourth-order valence-electron chi connectivity index (χ4n) is 2.84. The second-order valence-corrected chi connectivity index (χ2v) is 6.32. The topological polar surface area (TPSA) is 101 Å². The minimum Gasteiger partial charge on any atom is -0.364 e. The van der Waals surface area contributed by atoms with E-state index in [1.54, 1.807) is 18.5 Å². The number of rotatable bonds is 5. The van der Waals surface area contributed by atoms with Crippen LogP contribution < -0.4 is 11.1 Å². The highest BCUT2D eigenvalue weighted by molar-refractivity contribution is 9.09. The molecule has 2 amide bonds. The van der Waals surface area contributed by atoms with E-state index in [4.69, 9.17) is 5.73 Å². The van der Waals surface area contributed by atoms with Gasteiger partial charge in [-0.05, 0) is 30.2 Å². The number of anilines is 1. The zero-order chi connectivity index (χ0) is 18.7. The van der Waals surface area contributed by atoms with Gasteiger partial charge in [-0.1, -0.05) is 34.1 Å². The Labute approximate surface area is 158 Å². The number of nitrogens with two attached hydrogens (primary N) is 1. The van der Waals surface area contributed by atoms with Crippen molar-refractivity contribution in [3.63, 3.8) is 0 Å². The lowest BCUT2D eigenvalue weighted by Crippen LogP contribution is -2.13. The lowest BCUT2D eigenvalue weighted by Gasteiger charge is -2.13. The third kappa shape index (κ3) is 3.39. The van der Waals surface area contributed by atoms with E-state index in [1.165, 1.54) is 6.08 Å². The predicted molar refractivity (Wildman–Crippen MR) is 106 cm³/mol. The smallest absolute Gasteiger partial charge is 0.269 e. The monoisotopic (exact) mass is 412 g/mol. The van der Waals surface area contributed by atoms with Gasteiger partial charge >= 0.3 is 0 Å². The summed E-state index contributed by atoms with van der Waals surface area (Å²) in [5.74, 6) is -0.779. The van der Waals surface area contributed by atoms with Crippen molar-refractivity contribution < 1.29 is 9.59 Å². The number of alkyl halides is 1. The fourth-order valence-corrected chi connectivity index (χ4v) is 3.03. The van der Waals surface area contributed by atoms with Crippen molar-refractivity contribution in [2.24, 2.45) is 5.73 Å². The number of hydrogen-bond acceptors (Lipinski definition) is 3. The molecule has 3 aromatic rings. The Balaban J connectivity index is 2.07. The molecule has 0 saturated heterocycles. The molecule has 0 aliphatic heterocycles. The number of aromatic amines is 1. The van der Waals surface area contributed by atoms with E-state index >= 15 is 0 Å². The Morgan fingerprint density at radius 2 is 2.12 bits per heavy atom. The number of carbonyl (C=O) groups is 2. The molecule has 1 aromatic carbocycles. The minimum atomic E-state index is -0.583. The van der Waals surface area contributed by atoms with E-state index < -0.39 is 5.91 Å². The number of fused-ring (bicyclic) bond motifs is 1. The molecular weight excluding hydrogens is 396 g/mol. The zero-order valence-electron chi connectivity index (χ0n) is 14.0. The van der Waals surface area contributed by atoms with Gasteiger partial charge in [0.2, 0.25) is 5.91 Å². The number of hydrogen-bond donors (Lipinski definition) is 3. The highest BCUT2D eigenvalue weighted by atomic mass is 79.9. The van der Waals surface area contributed by atoms with E-state index in [-0.39, 0.29) is 11.6 Å². The molecule has 6 nitrogen and oxygen atoms in total. The van der Waals surface area contributed by atoms with Gasteiger partial charge in [-0.25, -0.2) is 4.98 Å². The van der Waals surface area contributed by atoms with Gasteiger partial charge in [0, 0.05) is 40.4 Å². The van der Waals surface area contributed by atoms with Crippen molar-refractivity contribution >= 4 is 44.3 Å². The molecule has 0 unspecified atom stereocenters. The molecule has 0 aliphatic carbocycles. The number of nitrogens with zero attached hydrogens (tertiary/aromatic N) is 1. The molecule has 7 heteroatoms. The Kier molecular flexibility index (Phi) is 5.18. The standard InChI is InChI=1S/C19H17BrN4O2/c1-11-12(4-2-5-15(11)24-16(25)6-3-8-20)14-10-23-18(19(21)26)17-13(14)7-9-22-17/h2-7,9-10,22H,8H2,1H3,(H2,21,26)(H,24,25). The Morgan fingerprint density at radius 1 is 1.31 bits per heavy atom. The average molecular weight is 413 g/mol. The first-order chi connectivity index (χ1) is 12.5. The summed E-state index contributed by atoms with van der Waals surface area (Å²) in [6, 6.07) is 7.54. The molecule has 0 radical (unpaired) electrons. The molecule has 2 aromatic heterocycles. The summed E-state index contributed by atoms with van der Waals surface area (Å²) in [5.41, 5.74) is 9.60. The normalized spacial score (nSPS) is 11.2. The highest BCUT2D eigenvalue weighted by Gasteiger charge is 2.16. The number of allylic oxidation sites excluding steroid dienone is 1. The molecule has 26 heavy (non-hydrogen) atoms. The summed E-state index contributed by atoms with van der Waals surface area (Å²) in [4.78, 5) is 30.8. The maximum absolute atomic E-state index is 12.0. The highest BCUT2D eigenvalue weighted by Crippen LogP contribution is 2.33. The fraction of sp³-hybridized carbons (Fsp3) is 0.105. The molecule has 0 aliphatic rings. The number of benzene rings is 1. The number of primary amides is 1. The van der Waals surface area contributed by atoms with E-state index in [2.05, 4.69) is 31.2 Å². The number of pyridine rings is 1. The quantitative estimate of drug-likeness (QED) is 0.441. The summed E-state index contributed by atoms with van der Waals surface area (Å²) in [6.07, 6.45) is 6.59. The van der Waals surface area contributed by atoms with Crippen LogP contribution in [0.4, 0.5) is 5.69 Å². The molecule has 2 heterocycles. The third-order valence-electron chi connectivity index (χ3n) is 4.07. The average Bonchev–Trinajstić information content (AvgIpc) is 3.10. The summed E-state index contributed by atoms with van der Waals surface area (Å²) in [6.45, 7) is 1.93. The van der Waals surface area contributed by atoms with Crippen LogP contribution in [-0.2, 0) is 4.79 Å².